The van der Waals surface area contributed by atoms with E-state index >= 15 is 0 Å². The van der Waals surface area contributed by atoms with Crippen LogP contribution in [-0.2, 0) is 0 Å². The van der Waals surface area contributed by atoms with E-state index in [0.29, 0.717) is 11.6 Å². The molecule has 1 fully saturated rings. The summed E-state index contributed by atoms with van der Waals surface area (Å²) >= 11 is 0. The average molecular weight is 247 g/mol. The Morgan fingerprint density at radius 1 is 1.50 bits per heavy atom. The van der Waals surface area contributed by atoms with Crippen LogP contribution in [0.15, 0.2) is 18.2 Å². The number of urea groups is 1. The molecule has 0 bridgehead atoms. The maximum absolute atomic E-state index is 12.2. The fraction of sp³-hybridized carbons (Fsp3) is 0.500. The van der Waals surface area contributed by atoms with E-state index in [4.69, 9.17) is 5.73 Å². The molecule has 98 valence electrons. The van der Waals surface area contributed by atoms with Crippen LogP contribution in [0.2, 0.25) is 0 Å². The highest BCUT2D eigenvalue weighted by Gasteiger charge is 2.21. The van der Waals surface area contributed by atoms with E-state index in [1.807, 2.05) is 24.0 Å². The number of amides is 2. The summed E-state index contributed by atoms with van der Waals surface area (Å²) < 4.78 is 0. The Morgan fingerprint density at radius 3 is 3.00 bits per heavy atom. The van der Waals surface area contributed by atoms with Gasteiger partial charge in [0.25, 0.3) is 0 Å². The van der Waals surface area contributed by atoms with Crippen molar-refractivity contribution in [1.29, 1.82) is 0 Å². The van der Waals surface area contributed by atoms with Crippen molar-refractivity contribution in [2.24, 2.45) is 5.92 Å². The lowest BCUT2D eigenvalue weighted by molar-refractivity contribution is 0.182. The Bertz CT molecular complexity index is 445. The zero-order valence-electron chi connectivity index (χ0n) is 11.1. The Hall–Kier alpha value is -1.71. The van der Waals surface area contributed by atoms with Gasteiger partial charge in [0.2, 0.25) is 0 Å². The molecule has 1 aromatic rings. The second kappa shape index (κ2) is 5.29. The summed E-state index contributed by atoms with van der Waals surface area (Å²) in [6, 6.07) is 5.55. The van der Waals surface area contributed by atoms with Crippen LogP contribution in [0.1, 0.15) is 25.3 Å². The predicted molar refractivity (Wildman–Crippen MR) is 74.6 cm³/mol. The van der Waals surface area contributed by atoms with Crippen LogP contribution in [0, 0.1) is 12.8 Å². The number of carbonyl (C=O) groups is 1. The Morgan fingerprint density at radius 2 is 2.28 bits per heavy atom. The van der Waals surface area contributed by atoms with Crippen molar-refractivity contribution >= 4 is 17.4 Å². The largest absolute Gasteiger partial charge is 0.399 e. The molecule has 1 unspecified atom stereocenters. The van der Waals surface area contributed by atoms with E-state index in [0.717, 1.165) is 30.8 Å². The third-order valence-corrected chi connectivity index (χ3v) is 3.45. The number of nitrogens with zero attached hydrogens (tertiary/aromatic N) is 1. The topological polar surface area (TPSA) is 58.4 Å². The van der Waals surface area contributed by atoms with Crippen molar-refractivity contribution in [3.05, 3.63) is 23.8 Å². The minimum atomic E-state index is -0.0183. The van der Waals surface area contributed by atoms with Crippen molar-refractivity contribution in [3.63, 3.8) is 0 Å². The molecule has 1 atom stereocenters. The fourth-order valence-electron chi connectivity index (χ4n) is 2.34. The summed E-state index contributed by atoms with van der Waals surface area (Å²) in [5, 5.41) is 2.95. The number of nitrogens with two attached hydrogens (primary N) is 1. The first-order chi connectivity index (χ1) is 8.56. The minimum absolute atomic E-state index is 0.0183. The maximum atomic E-state index is 12.2. The highest BCUT2D eigenvalue weighted by atomic mass is 16.2. The molecule has 1 aliphatic heterocycles. The second-order valence-electron chi connectivity index (χ2n) is 5.20. The van der Waals surface area contributed by atoms with Crippen molar-refractivity contribution in [1.82, 2.24) is 4.90 Å². The third-order valence-electron chi connectivity index (χ3n) is 3.45. The van der Waals surface area contributed by atoms with Crippen LogP contribution < -0.4 is 11.1 Å². The van der Waals surface area contributed by atoms with Crippen LogP contribution in [0.25, 0.3) is 0 Å². The third kappa shape index (κ3) is 2.94. The SMILES string of the molecule is Cc1ccc(N)cc1NC(=O)N1CCCC(C)C1. The van der Waals surface area contributed by atoms with Crippen molar-refractivity contribution < 1.29 is 4.79 Å². The van der Waals surface area contributed by atoms with Gasteiger partial charge in [-0.25, -0.2) is 4.79 Å². The highest BCUT2D eigenvalue weighted by molar-refractivity contribution is 5.90. The molecule has 1 saturated heterocycles. The van der Waals surface area contributed by atoms with Gasteiger partial charge in [-0.2, -0.15) is 0 Å². The van der Waals surface area contributed by atoms with Crippen molar-refractivity contribution in [2.75, 3.05) is 24.1 Å². The van der Waals surface area contributed by atoms with E-state index in [9.17, 15) is 4.79 Å². The van der Waals surface area contributed by atoms with Gasteiger partial charge in [0.15, 0.2) is 0 Å². The number of nitrogens with one attached hydrogen (secondary N) is 1. The molecule has 1 heterocycles. The standard InChI is InChI=1S/C14H21N3O/c1-10-4-3-7-17(9-10)14(18)16-13-8-12(15)6-5-11(13)2/h5-6,8,10H,3-4,7,9,15H2,1-2H3,(H,16,18). The maximum Gasteiger partial charge on any atom is 0.321 e. The summed E-state index contributed by atoms with van der Waals surface area (Å²) in [6.07, 6.45) is 2.30. The zero-order valence-corrected chi connectivity index (χ0v) is 11.1. The molecule has 1 aliphatic rings. The number of nitrogen functional groups attached to an aromatic ring is 1. The van der Waals surface area contributed by atoms with Gasteiger partial charge in [-0.1, -0.05) is 13.0 Å². The molecule has 0 aliphatic carbocycles. The molecular weight excluding hydrogens is 226 g/mol. The Balaban J connectivity index is 2.04. The number of aryl methyl sites for hydroxylation is 1. The molecule has 0 spiro atoms. The minimum Gasteiger partial charge on any atom is -0.399 e. The van der Waals surface area contributed by atoms with Gasteiger partial charge in [0, 0.05) is 24.5 Å². The van der Waals surface area contributed by atoms with Crippen molar-refractivity contribution in [2.45, 2.75) is 26.7 Å². The van der Waals surface area contributed by atoms with Crippen LogP contribution in [0.4, 0.5) is 16.2 Å². The Labute approximate surface area is 108 Å². The summed E-state index contributed by atoms with van der Waals surface area (Å²) in [7, 11) is 0. The van der Waals surface area contributed by atoms with E-state index in [2.05, 4.69) is 12.2 Å². The number of likely N-dealkylation sites (tertiary alicyclic amines) is 1. The summed E-state index contributed by atoms with van der Waals surface area (Å²) in [5.74, 6) is 0.589. The van der Waals surface area contributed by atoms with Gasteiger partial charge in [0.05, 0.1) is 0 Å². The lowest BCUT2D eigenvalue weighted by Gasteiger charge is -2.31. The smallest absolute Gasteiger partial charge is 0.321 e. The fourth-order valence-corrected chi connectivity index (χ4v) is 2.34. The number of hydrogen-bond donors (Lipinski definition) is 2. The number of anilines is 2. The Kier molecular flexibility index (Phi) is 3.75. The number of hydrogen-bond acceptors (Lipinski definition) is 2. The first-order valence-electron chi connectivity index (χ1n) is 6.48. The molecule has 2 rings (SSSR count). The highest BCUT2D eigenvalue weighted by Crippen LogP contribution is 2.20. The van der Waals surface area contributed by atoms with Gasteiger partial charge in [0.1, 0.15) is 0 Å². The monoisotopic (exact) mass is 247 g/mol. The quantitative estimate of drug-likeness (QED) is 0.750. The van der Waals surface area contributed by atoms with E-state index in [1.165, 1.54) is 6.42 Å². The van der Waals surface area contributed by atoms with E-state index < -0.39 is 0 Å². The normalized spacial score (nSPS) is 19.7. The molecule has 3 N–H and O–H groups in total. The second-order valence-corrected chi connectivity index (χ2v) is 5.20. The molecule has 1 aromatic carbocycles. The number of piperidine rings is 1. The number of benzene rings is 1. The van der Waals surface area contributed by atoms with Crippen LogP contribution >= 0.6 is 0 Å². The number of rotatable bonds is 1. The van der Waals surface area contributed by atoms with E-state index in [1.54, 1.807) is 6.07 Å². The van der Waals surface area contributed by atoms with Gasteiger partial charge in [-0.3, -0.25) is 0 Å². The average Bonchev–Trinajstić information content (AvgIpc) is 2.34. The molecule has 2 amide bonds. The summed E-state index contributed by atoms with van der Waals surface area (Å²) in [6.45, 7) is 5.84. The van der Waals surface area contributed by atoms with Crippen LogP contribution in [0.5, 0.6) is 0 Å². The molecular formula is C14H21N3O. The van der Waals surface area contributed by atoms with Gasteiger partial charge >= 0.3 is 6.03 Å². The molecule has 0 radical (unpaired) electrons. The molecule has 4 heteroatoms. The van der Waals surface area contributed by atoms with Gasteiger partial charge in [-0.15, -0.1) is 0 Å². The molecule has 18 heavy (non-hydrogen) atoms. The first kappa shape index (κ1) is 12.7. The number of carbonyl (C=O) groups excluding carboxylic acids is 1. The lowest BCUT2D eigenvalue weighted by atomic mass is 10.0. The summed E-state index contributed by atoms with van der Waals surface area (Å²) in [4.78, 5) is 14.0. The van der Waals surface area contributed by atoms with Gasteiger partial charge < -0.3 is 16.0 Å². The lowest BCUT2D eigenvalue weighted by Crippen LogP contribution is -2.41. The molecule has 4 nitrogen and oxygen atoms in total. The van der Waals surface area contributed by atoms with Crippen LogP contribution in [0.3, 0.4) is 0 Å². The van der Waals surface area contributed by atoms with Crippen LogP contribution in [-0.4, -0.2) is 24.0 Å². The first-order valence-corrected chi connectivity index (χ1v) is 6.48. The predicted octanol–water partition coefficient (Wildman–Crippen LogP) is 2.84. The molecule has 0 aromatic heterocycles. The summed E-state index contributed by atoms with van der Waals surface area (Å²) in [5.41, 5.74) is 8.24. The zero-order chi connectivity index (χ0) is 13.1. The van der Waals surface area contributed by atoms with Crippen molar-refractivity contribution in [3.8, 4) is 0 Å². The molecule has 0 saturated carbocycles. The van der Waals surface area contributed by atoms with E-state index in [-0.39, 0.29) is 6.03 Å². The van der Waals surface area contributed by atoms with Gasteiger partial charge in [-0.05, 0) is 43.4 Å².